The molecule has 0 saturated heterocycles. The van der Waals surface area contributed by atoms with Crippen LogP contribution in [0.15, 0.2) is 71.4 Å². The van der Waals surface area contributed by atoms with Crippen molar-refractivity contribution in [1.82, 2.24) is 15.1 Å². The van der Waals surface area contributed by atoms with E-state index in [1.54, 1.807) is 36.5 Å². The number of nitrogens with zero attached hydrogens (tertiary/aromatic N) is 3. The van der Waals surface area contributed by atoms with Gasteiger partial charge in [0.1, 0.15) is 5.69 Å². The van der Waals surface area contributed by atoms with E-state index in [1.807, 2.05) is 44.2 Å². The highest BCUT2D eigenvalue weighted by atomic mass is 16.5. The van der Waals surface area contributed by atoms with Crippen LogP contribution < -0.4 is 14.8 Å². The molecule has 2 aromatic heterocycles. The number of anilines is 1. The predicted molar refractivity (Wildman–Crippen MR) is 120 cm³/mol. The van der Waals surface area contributed by atoms with E-state index in [0.29, 0.717) is 53.4 Å². The lowest BCUT2D eigenvalue weighted by molar-refractivity contribution is 0.102. The third-order valence-electron chi connectivity index (χ3n) is 4.49. The molecule has 8 nitrogen and oxygen atoms in total. The molecular weight excluding hydrogens is 408 g/mol. The molecule has 4 aromatic rings. The quantitative estimate of drug-likeness (QED) is 0.427. The molecular formula is C24H22N4O4. The van der Waals surface area contributed by atoms with E-state index in [1.165, 1.54) is 0 Å². The van der Waals surface area contributed by atoms with Crippen molar-refractivity contribution in [3.05, 3.63) is 72.6 Å². The molecule has 0 unspecified atom stereocenters. The van der Waals surface area contributed by atoms with Gasteiger partial charge in [-0.05, 0) is 56.3 Å². The van der Waals surface area contributed by atoms with E-state index in [4.69, 9.17) is 14.0 Å². The number of hydrogen-bond donors (Lipinski definition) is 1. The zero-order valence-corrected chi connectivity index (χ0v) is 17.7. The van der Waals surface area contributed by atoms with Gasteiger partial charge in [0.15, 0.2) is 11.5 Å². The molecule has 0 spiro atoms. The minimum absolute atomic E-state index is 0.297. The first-order chi connectivity index (χ1) is 15.7. The number of nitrogens with one attached hydrogen (secondary N) is 1. The van der Waals surface area contributed by atoms with Crippen molar-refractivity contribution in [3.63, 3.8) is 0 Å². The Kier molecular flexibility index (Phi) is 6.41. The van der Waals surface area contributed by atoms with E-state index in [0.717, 1.165) is 5.56 Å². The molecule has 0 atom stereocenters. The van der Waals surface area contributed by atoms with E-state index >= 15 is 0 Å². The maximum atomic E-state index is 12.4. The topological polar surface area (TPSA) is 99.4 Å². The molecule has 2 aromatic carbocycles. The minimum Gasteiger partial charge on any atom is -0.490 e. The Labute approximate surface area is 185 Å². The third kappa shape index (κ3) is 4.75. The van der Waals surface area contributed by atoms with Crippen LogP contribution in [0, 0.1) is 0 Å². The van der Waals surface area contributed by atoms with E-state index in [2.05, 4.69) is 20.4 Å². The molecule has 2 heterocycles. The summed E-state index contributed by atoms with van der Waals surface area (Å²) in [7, 11) is 0. The average molecular weight is 430 g/mol. The molecule has 0 radical (unpaired) electrons. The molecule has 0 aliphatic heterocycles. The molecule has 162 valence electrons. The van der Waals surface area contributed by atoms with Crippen molar-refractivity contribution in [2.45, 2.75) is 13.8 Å². The lowest BCUT2D eigenvalue weighted by atomic mass is 10.1. The van der Waals surface area contributed by atoms with Crippen LogP contribution in [-0.2, 0) is 0 Å². The van der Waals surface area contributed by atoms with Gasteiger partial charge >= 0.3 is 0 Å². The highest BCUT2D eigenvalue weighted by molar-refractivity contribution is 6.03. The Bertz CT molecular complexity index is 1210. The van der Waals surface area contributed by atoms with Gasteiger partial charge in [0, 0.05) is 23.0 Å². The lowest BCUT2D eigenvalue weighted by Gasteiger charge is -2.11. The van der Waals surface area contributed by atoms with Crippen LogP contribution in [0.2, 0.25) is 0 Å². The molecule has 4 rings (SSSR count). The summed E-state index contributed by atoms with van der Waals surface area (Å²) in [6, 6.07) is 17.9. The summed E-state index contributed by atoms with van der Waals surface area (Å²) in [5.41, 5.74) is 2.36. The van der Waals surface area contributed by atoms with Crippen LogP contribution >= 0.6 is 0 Å². The summed E-state index contributed by atoms with van der Waals surface area (Å²) in [6.07, 6.45) is 1.57. The minimum atomic E-state index is -0.297. The number of amides is 1. The first-order valence-electron chi connectivity index (χ1n) is 10.2. The van der Waals surface area contributed by atoms with Crippen molar-refractivity contribution in [2.24, 2.45) is 0 Å². The molecule has 0 aliphatic carbocycles. The molecule has 0 aliphatic rings. The van der Waals surface area contributed by atoms with Crippen molar-refractivity contribution in [1.29, 1.82) is 0 Å². The molecule has 1 amide bonds. The number of rotatable bonds is 8. The summed E-state index contributed by atoms with van der Waals surface area (Å²) < 4.78 is 16.7. The fraction of sp³-hybridized carbons (Fsp3) is 0.167. The molecule has 0 bridgehead atoms. The molecule has 8 heteroatoms. The Morgan fingerprint density at radius 3 is 2.56 bits per heavy atom. The lowest BCUT2D eigenvalue weighted by Crippen LogP contribution is -2.13. The van der Waals surface area contributed by atoms with Gasteiger partial charge in [-0.15, -0.1) is 0 Å². The first kappa shape index (κ1) is 21.0. The van der Waals surface area contributed by atoms with Gasteiger partial charge in [-0.3, -0.25) is 9.78 Å². The third-order valence-corrected chi connectivity index (χ3v) is 4.49. The van der Waals surface area contributed by atoms with Gasteiger partial charge in [0.2, 0.25) is 5.82 Å². The second kappa shape index (κ2) is 9.74. The van der Waals surface area contributed by atoms with Crippen LogP contribution in [0.1, 0.15) is 24.3 Å². The summed E-state index contributed by atoms with van der Waals surface area (Å²) in [5, 5.41) is 6.92. The SMILES string of the molecule is CCOc1ccc(-c2nc(-c3cccc(NC(=O)c4ccccn4)c3)no2)cc1OCC. The van der Waals surface area contributed by atoms with E-state index in [-0.39, 0.29) is 5.91 Å². The van der Waals surface area contributed by atoms with Gasteiger partial charge in [0.25, 0.3) is 11.8 Å². The Morgan fingerprint density at radius 1 is 0.938 bits per heavy atom. The van der Waals surface area contributed by atoms with Gasteiger partial charge in [0.05, 0.1) is 13.2 Å². The van der Waals surface area contributed by atoms with E-state index < -0.39 is 0 Å². The first-order valence-corrected chi connectivity index (χ1v) is 10.2. The zero-order chi connectivity index (χ0) is 22.3. The Hall–Kier alpha value is -4.20. The standard InChI is InChI=1S/C24H22N4O4/c1-3-30-20-12-11-17(15-21(20)31-4-2)24-27-22(28-32-24)16-8-7-9-18(14-16)26-23(29)19-10-5-6-13-25-19/h5-15H,3-4H2,1-2H3,(H,26,29). The number of pyridine rings is 1. The van der Waals surface area contributed by atoms with Crippen LogP contribution in [0.25, 0.3) is 22.8 Å². The normalized spacial score (nSPS) is 10.6. The van der Waals surface area contributed by atoms with Crippen molar-refractivity contribution in [3.8, 4) is 34.3 Å². The fourth-order valence-electron chi connectivity index (χ4n) is 3.07. The summed E-state index contributed by atoms with van der Waals surface area (Å²) in [4.78, 5) is 20.9. The number of ether oxygens (including phenoxy) is 2. The number of benzene rings is 2. The zero-order valence-electron chi connectivity index (χ0n) is 17.7. The smallest absolute Gasteiger partial charge is 0.274 e. The van der Waals surface area contributed by atoms with Crippen molar-refractivity contribution in [2.75, 3.05) is 18.5 Å². The maximum absolute atomic E-state index is 12.4. The predicted octanol–water partition coefficient (Wildman–Crippen LogP) is 4.85. The van der Waals surface area contributed by atoms with Gasteiger partial charge in [-0.25, -0.2) is 0 Å². The summed E-state index contributed by atoms with van der Waals surface area (Å²) >= 11 is 0. The molecule has 1 N–H and O–H groups in total. The Balaban J connectivity index is 1.56. The van der Waals surface area contributed by atoms with Gasteiger partial charge < -0.3 is 19.3 Å². The number of carbonyl (C=O) groups is 1. The largest absolute Gasteiger partial charge is 0.490 e. The molecule has 0 fully saturated rings. The number of hydrogen-bond acceptors (Lipinski definition) is 7. The van der Waals surface area contributed by atoms with Crippen LogP contribution in [0.3, 0.4) is 0 Å². The van der Waals surface area contributed by atoms with Crippen LogP contribution in [0.4, 0.5) is 5.69 Å². The van der Waals surface area contributed by atoms with Crippen LogP contribution in [-0.4, -0.2) is 34.2 Å². The van der Waals surface area contributed by atoms with Crippen LogP contribution in [0.5, 0.6) is 11.5 Å². The monoisotopic (exact) mass is 430 g/mol. The summed E-state index contributed by atoms with van der Waals surface area (Å²) in [6.45, 7) is 4.88. The second-order valence-corrected chi connectivity index (χ2v) is 6.70. The average Bonchev–Trinajstić information content (AvgIpc) is 3.32. The van der Waals surface area contributed by atoms with E-state index in [9.17, 15) is 4.79 Å². The number of aromatic nitrogens is 3. The maximum Gasteiger partial charge on any atom is 0.274 e. The van der Waals surface area contributed by atoms with Gasteiger partial charge in [-0.2, -0.15) is 4.98 Å². The molecule has 0 saturated carbocycles. The summed E-state index contributed by atoms with van der Waals surface area (Å²) in [5.74, 6) is 1.74. The highest BCUT2D eigenvalue weighted by Crippen LogP contribution is 2.33. The second-order valence-electron chi connectivity index (χ2n) is 6.70. The van der Waals surface area contributed by atoms with Crippen molar-refractivity contribution >= 4 is 11.6 Å². The van der Waals surface area contributed by atoms with Crippen molar-refractivity contribution < 1.29 is 18.8 Å². The highest BCUT2D eigenvalue weighted by Gasteiger charge is 2.15. The molecule has 32 heavy (non-hydrogen) atoms. The van der Waals surface area contributed by atoms with Gasteiger partial charge in [-0.1, -0.05) is 23.4 Å². The fourth-order valence-corrected chi connectivity index (χ4v) is 3.07. The Morgan fingerprint density at radius 2 is 1.78 bits per heavy atom. The number of carbonyl (C=O) groups excluding carboxylic acids is 1.